The Labute approximate surface area is 142 Å². The number of amides is 1. The molecule has 0 saturated carbocycles. The molecule has 0 aliphatic rings. The lowest BCUT2D eigenvalue weighted by molar-refractivity contribution is -0.385. The molecular weight excluding hydrogens is 339 g/mol. The molecule has 0 aliphatic carbocycles. The van der Waals surface area contributed by atoms with Crippen LogP contribution < -0.4 is 10.1 Å². The van der Waals surface area contributed by atoms with Crippen LogP contribution in [0.5, 0.6) is 5.75 Å². The highest BCUT2D eigenvalue weighted by Gasteiger charge is 2.16. The van der Waals surface area contributed by atoms with Gasteiger partial charge in [-0.3, -0.25) is 14.9 Å². The van der Waals surface area contributed by atoms with Crippen molar-refractivity contribution in [3.8, 4) is 5.75 Å². The van der Waals surface area contributed by atoms with Gasteiger partial charge in [-0.15, -0.1) is 0 Å². The van der Waals surface area contributed by atoms with Crippen molar-refractivity contribution in [1.82, 2.24) is 5.32 Å². The largest absolute Gasteiger partial charge is 0.477 e. The fourth-order valence-corrected chi connectivity index (χ4v) is 2.15. The molecule has 0 radical (unpaired) electrons. The van der Waals surface area contributed by atoms with Crippen molar-refractivity contribution in [2.24, 2.45) is 0 Å². The molecule has 0 heterocycles. The lowest BCUT2D eigenvalue weighted by Crippen LogP contribution is -2.30. The molecule has 0 aromatic heterocycles. The summed E-state index contributed by atoms with van der Waals surface area (Å²) in [5, 5.41) is 13.7. The number of halogens is 2. The smallest absolute Gasteiger partial charge is 0.312 e. The molecule has 2 aromatic rings. The second-order valence-corrected chi connectivity index (χ2v) is 5.29. The van der Waals surface area contributed by atoms with Crippen LogP contribution >= 0.6 is 11.6 Å². The molecule has 0 bridgehead atoms. The number of benzene rings is 2. The Morgan fingerprint density at radius 1 is 1.29 bits per heavy atom. The fourth-order valence-electron chi connectivity index (χ4n) is 1.99. The summed E-state index contributed by atoms with van der Waals surface area (Å²) in [5.41, 5.74) is 0.175. The van der Waals surface area contributed by atoms with Gasteiger partial charge in [0.05, 0.1) is 4.92 Å². The second kappa shape index (κ2) is 8.26. The summed E-state index contributed by atoms with van der Waals surface area (Å²) < 4.78 is 18.6. The topological polar surface area (TPSA) is 81.5 Å². The Balaban J connectivity index is 1.84. The molecule has 1 N–H and O–H groups in total. The minimum absolute atomic E-state index is 0.0475. The average Bonchev–Trinajstić information content (AvgIpc) is 2.55. The molecule has 0 fully saturated rings. The summed E-state index contributed by atoms with van der Waals surface area (Å²) >= 11 is 5.69. The highest BCUT2D eigenvalue weighted by molar-refractivity contribution is 6.30. The quantitative estimate of drug-likeness (QED) is 0.613. The van der Waals surface area contributed by atoms with E-state index in [2.05, 4.69) is 5.32 Å². The van der Waals surface area contributed by atoms with Gasteiger partial charge >= 0.3 is 5.69 Å². The maximum atomic E-state index is 13.4. The van der Waals surface area contributed by atoms with E-state index in [1.54, 1.807) is 18.2 Å². The van der Waals surface area contributed by atoms with Crippen molar-refractivity contribution in [3.05, 3.63) is 69.0 Å². The molecular formula is C16H14ClFN2O4. The number of hydrogen-bond donors (Lipinski definition) is 1. The molecule has 1 amide bonds. The van der Waals surface area contributed by atoms with Gasteiger partial charge in [-0.05, 0) is 30.2 Å². The SMILES string of the molecule is O=C(COc1ccc(Cl)cc1[N+](=O)[O-])NCCc1ccccc1F. The van der Waals surface area contributed by atoms with E-state index in [9.17, 15) is 19.3 Å². The van der Waals surface area contributed by atoms with Crippen molar-refractivity contribution in [2.45, 2.75) is 6.42 Å². The molecule has 0 spiro atoms. The number of carbonyl (C=O) groups excluding carboxylic acids is 1. The van der Waals surface area contributed by atoms with Crippen molar-refractivity contribution in [2.75, 3.05) is 13.2 Å². The number of nitro groups is 1. The van der Waals surface area contributed by atoms with E-state index >= 15 is 0 Å². The van der Waals surface area contributed by atoms with Gasteiger partial charge in [0.15, 0.2) is 12.4 Å². The van der Waals surface area contributed by atoms with Crippen molar-refractivity contribution >= 4 is 23.2 Å². The molecule has 2 aromatic carbocycles. The van der Waals surface area contributed by atoms with Crippen LogP contribution in [-0.4, -0.2) is 24.0 Å². The Morgan fingerprint density at radius 2 is 2.04 bits per heavy atom. The van der Waals surface area contributed by atoms with E-state index in [0.29, 0.717) is 12.0 Å². The van der Waals surface area contributed by atoms with Gasteiger partial charge in [0.25, 0.3) is 5.91 Å². The minimum Gasteiger partial charge on any atom is -0.477 e. The van der Waals surface area contributed by atoms with E-state index in [1.807, 2.05) is 0 Å². The zero-order valence-electron chi connectivity index (χ0n) is 12.5. The maximum absolute atomic E-state index is 13.4. The van der Waals surface area contributed by atoms with Crippen LogP contribution in [0.4, 0.5) is 10.1 Å². The third-order valence-corrected chi connectivity index (χ3v) is 3.39. The van der Waals surface area contributed by atoms with Crippen LogP contribution in [0.15, 0.2) is 42.5 Å². The van der Waals surface area contributed by atoms with Crippen LogP contribution in [0.1, 0.15) is 5.56 Å². The van der Waals surface area contributed by atoms with Crippen LogP contribution in [0, 0.1) is 15.9 Å². The number of nitrogens with zero attached hydrogens (tertiary/aromatic N) is 1. The molecule has 0 unspecified atom stereocenters. The van der Waals surface area contributed by atoms with Gasteiger partial charge in [-0.25, -0.2) is 4.39 Å². The number of ether oxygens (including phenoxy) is 1. The van der Waals surface area contributed by atoms with E-state index in [1.165, 1.54) is 18.2 Å². The third-order valence-electron chi connectivity index (χ3n) is 3.15. The maximum Gasteiger partial charge on any atom is 0.312 e. The predicted molar refractivity (Wildman–Crippen MR) is 86.7 cm³/mol. The lowest BCUT2D eigenvalue weighted by Gasteiger charge is -2.08. The Kier molecular flexibility index (Phi) is 6.08. The number of hydrogen-bond acceptors (Lipinski definition) is 4. The number of nitro benzene ring substituents is 1. The first-order chi connectivity index (χ1) is 11.5. The van der Waals surface area contributed by atoms with Crippen LogP contribution in [0.3, 0.4) is 0 Å². The molecule has 0 aliphatic heterocycles. The number of rotatable bonds is 7. The summed E-state index contributed by atoms with van der Waals surface area (Å²) in [6.07, 6.45) is 0.333. The zero-order valence-corrected chi connectivity index (χ0v) is 13.3. The van der Waals surface area contributed by atoms with Crippen LogP contribution in [-0.2, 0) is 11.2 Å². The standard InChI is InChI=1S/C16H14ClFN2O4/c17-12-5-6-15(14(9-12)20(22)23)24-10-16(21)19-8-7-11-3-1-2-4-13(11)18/h1-6,9H,7-8,10H2,(H,19,21). The van der Waals surface area contributed by atoms with Gasteiger partial charge in [-0.2, -0.15) is 0 Å². The third kappa shape index (κ3) is 4.92. The summed E-state index contributed by atoms with van der Waals surface area (Å²) in [5.74, 6) is -0.843. The number of carbonyl (C=O) groups is 1. The van der Waals surface area contributed by atoms with Crippen LogP contribution in [0.25, 0.3) is 0 Å². The number of nitrogens with one attached hydrogen (secondary N) is 1. The molecule has 24 heavy (non-hydrogen) atoms. The first-order valence-electron chi connectivity index (χ1n) is 7.04. The fraction of sp³-hybridized carbons (Fsp3) is 0.188. The first-order valence-corrected chi connectivity index (χ1v) is 7.42. The summed E-state index contributed by atoms with van der Waals surface area (Å²) in [6, 6.07) is 10.2. The highest BCUT2D eigenvalue weighted by Crippen LogP contribution is 2.29. The molecule has 0 saturated heterocycles. The zero-order chi connectivity index (χ0) is 17.5. The van der Waals surface area contributed by atoms with E-state index in [4.69, 9.17) is 16.3 Å². The second-order valence-electron chi connectivity index (χ2n) is 4.85. The Bertz CT molecular complexity index is 755. The van der Waals surface area contributed by atoms with Crippen molar-refractivity contribution in [3.63, 3.8) is 0 Å². The van der Waals surface area contributed by atoms with Gasteiger partial charge < -0.3 is 10.1 Å². The van der Waals surface area contributed by atoms with Crippen molar-refractivity contribution < 1.29 is 18.8 Å². The Hall–Kier alpha value is -2.67. The van der Waals surface area contributed by atoms with Gasteiger partial charge in [0.1, 0.15) is 5.82 Å². The highest BCUT2D eigenvalue weighted by atomic mass is 35.5. The van der Waals surface area contributed by atoms with E-state index in [0.717, 1.165) is 6.07 Å². The summed E-state index contributed by atoms with van der Waals surface area (Å²) in [6.45, 7) is -0.161. The van der Waals surface area contributed by atoms with Crippen molar-refractivity contribution in [1.29, 1.82) is 0 Å². The predicted octanol–water partition coefficient (Wildman–Crippen LogP) is 3.13. The van der Waals surface area contributed by atoms with Gasteiger partial charge in [-0.1, -0.05) is 29.8 Å². The van der Waals surface area contributed by atoms with Crippen LogP contribution in [0.2, 0.25) is 5.02 Å². The normalized spacial score (nSPS) is 10.2. The monoisotopic (exact) mass is 352 g/mol. The summed E-state index contributed by atoms with van der Waals surface area (Å²) in [7, 11) is 0. The lowest BCUT2D eigenvalue weighted by atomic mass is 10.1. The summed E-state index contributed by atoms with van der Waals surface area (Å²) in [4.78, 5) is 22.0. The van der Waals surface area contributed by atoms with E-state index in [-0.39, 0.29) is 35.4 Å². The van der Waals surface area contributed by atoms with E-state index < -0.39 is 10.8 Å². The molecule has 6 nitrogen and oxygen atoms in total. The minimum atomic E-state index is -0.642. The first kappa shape index (κ1) is 17.7. The average molecular weight is 353 g/mol. The Morgan fingerprint density at radius 3 is 2.75 bits per heavy atom. The van der Waals surface area contributed by atoms with Gasteiger partial charge in [0, 0.05) is 17.6 Å². The molecule has 8 heteroatoms. The van der Waals surface area contributed by atoms with Gasteiger partial charge in [0.2, 0.25) is 0 Å². The molecule has 2 rings (SSSR count). The molecule has 0 atom stereocenters. The molecule has 126 valence electrons.